The van der Waals surface area contributed by atoms with Gasteiger partial charge in [0.05, 0.1) is 18.2 Å². The third kappa shape index (κ3) is 4.58. The Balaban J connectivity index is 1.23. The number of hydrogen-bond acceptors (Lipinski definition) is 5. The van der Waals surface area contributed by atoms with Crippen LogP contribution in [-0.2, 0) is 29.2 Å². The Hall–Kier alpha value is -2.87. The van der Waals surface area contributed by atoms with Gasteiger partial charge in [-0.05, 0) is 43.7 Å². The van der Waals surface area contributed by atoms with E-state index in [4.69, 9.17) is 4.74 Å². The van der Waals surface area contributed by atoms with Gasteiger partial charge < -0.3 is 15.0 Å². The normalized spacial score (nSPS) is 20.9. The Morgan fingerprint density at radius 1 is 1.29 bits per heavy atom. The lowest BCUT2D eigenvalue weighted by atomic mass is 10.1. The summed E-state index contributed by atoms with van der Waals surface area (Å²) in [5, 5.41) is 10.4. The van der Waals surface area contributed by atoms with Crippen molar-refractivity contribution < 1.29 is 14.3 Å². The molecule has 1 aromatic heterocycles. The highest BCUT2D eigenvalue weighted by Crippen LogP contribution is 2.39. The molecule has 2 N–H and O–H groups in total. The van der Waals surface area contributed by atoms with Gasteiger partial charge in [0.25, 0.3) is 0 Å². The summed E-state index contributed by atoms with van der Waals surface area (Å²) in [5.74, 6) is 1.21. The molecule has 3 aliphatic rings. The first kappa shape index (κ1) is 20.1. The van der Waals surface area contributed by atoms with Crippen LogP contribution in [0.5, 0.6) is 5.75 Å². The number of carbonyl (C=O) groups is 2. The average molecular weight is 424 g/mol. The molecule has 3 heterocycles. The molecular weight excluding hydrogens is 394 g/mol. The maximum atomic E-state index is 12.9. The number of ether oxygens (including phenoxy) is 1. The van der Waals surface area contributed by atoms with Crippen molar-refractivity contribution in [3.8, 4) is 5.75 Å². The van der Waals surface area contributed by atoms with Crippen molar-refractivity contribution in [2.24, 2.45) is 5.92 Å². The van der Waals surface area contributed by atoms with Crippen LogP contribution in [0.2, 0.25) is 0 Å². The third-order valence-electron chi connectivity index (χ3n) is 6.28. The molecule has 0 spiro atoms. The van der Waals surface area contributed by atoms with Crippen LogP contribution >= 0.6 is 0 Å². The number of fused-ring (bicyclic) bond motifs is 1. The van der Waals surface area contributed by atoms with Crippen LogP contribution < -0.4 is 10.1 Å². The Bertz CT molecular complexity index is 983. The van der Waals surface area contributed by atoms with Gasteiger partial charge in [-0.1, -0.05) is 6.07 Å². The van der Waals surface area contributed by atoms with Crippen molar-refractivity contribution in [3.63, 3.8) is 0 Å². The van der Waals surface area contributed by atoms with Crippen molar-refractivity contribution in [1.82, 2.24) is 25.3 Å². The topological polar surface area (TPSA) is 90.6 Å². The molecule has 0 radical (unpaired) electrons. The van der Waals surface area contributed by atoms with Crippen molar-refractivity contribution in [2.45, 2.75) is 44.8 Å². The molecule has 8 heteroatoms. The highest BCUT2D eigenvalue weighted by atomic mass is 16.5. The van der Waals surface area contributed by atoms with Crippen molar-refractivity contribution in [2.75, 3.05) is 26.7 Å². The van der Waals surface area contributed by atoms with Gasteiger partial charge in [-0.2, -0.15) is 5.10 Å². The molecule has 31 heavy (non-hydrogen) atoms. The Kier molecular flexibility index (Phi) is 5.40. The number of nitrogens with zero attached hydrogens (tertiary/aromatic N) is 3. The zero-order valence-electron chi connectivity index (χ0n) is 17.9. The quantitative estimate of drug-likeness (QED) is 0.739. The van der Waals surface area contributed by atoms with E-state index in [0.29, 0.717) is 32.2 Å². The third-order valence-corrected chi connectivity index (χ3v) is 6.28. The molecule has 1 saturated heterocycles. The number of H-pyrrole nitrogens is 1. The minimum Gasteiger partial charge on any atom is -0.491 e. The van der Waals surface area contributed by atoms with Gasteiger partial charge in [0.15, 0.2) is 0 Å². The Morgan fingerprint density at radius 3 is 2.94 bits per heavy atom. The van der Waals surface area contributed by atoms with Crippen molar-refractivity contribution in [1.29, 1.82) is 0 Å². The predicted octanol–water partition coefficient (Wildman–Crippen LogP) is 1.78. The molecule has 5 rings (SSSR count). The zero-order valence-corrected chi connectivity index (χ0v) is 17.9. The lowest BCUT2D eigenvalue weighted by molar-refractivity contribution is -0.136. The minimum absolute atomic E-state index is 0.0306. The van der Waals surface area contributed by atoms with E-state index in [1.807, 2.05) is 11.0 Å². The summed E-state index contributed by atoms with van der Waals surface area (Å²) in [5.41, 5.74) is 4.53. The van der Waals surface area contributed by atoms with E-state index in [0.717, 1.165) is 30.1 Å². The first-order valence-electron chi connectivity index (χ1n) is 11.1. The highest BCUT2D eigenvalue weighted by Gasteiger charge is 2.32. The smallest absolute Gasteiger partial charge is 0.228 e. The molecule has 1 aromatic carbocycles. The molecule has 2 amide bonds. The number of hydrogen-bond donors (Lipinski definition) is 2. The molecule has 2 aromatic rings. The lowest BCUT2D eigenvalue weighted by Gasteiger charge is -2.23. The largest absolute Gasteiger partial charge is 0.491 e. The van der Waals surface area contributed by atoms with E-state index in [2.05, 4.69) is 45.7 Å². The SMILES string of the molecule is CN(Cc1ccc2c(c1)CN(C(=O)C1CNC(=O)C1)CCO2)Cc1cc(C2CC2)n[nH]1. The van der Waals surface area contributed by atoms with Gasteiger partial charge in [-0.15, -0.1) is 0 Å². The maximum absolute atomic E-state index is 12.9. The lowest BCUT2D eigenvalue weighted by Crippen LogP contribution is -2.38. The minimum atomic E-state index is -0.265. The van der Waals surface area contributed by atoms with Crippen LogP contribution in [0.1, 0.15) is 47.7 Å². The van der Waals surface area contributed by atoms with Gasteiger partial charge in [-0.25, -0.2) is 0 Å². The van der Waals surface area contributed by atoms with Crippen molar-refractivity contribution >= 4 is 11.8 Å². The van der Waals surface area contributed by atoms with Gasteiger partial charge in [0, 0.05) is 49.8 Å². The maximum Gasteiger partial charge on any atom is 0.228 e. The average Bonchev–Trinajstić information content (AvgIpc) is 3.41. The van der Waals surface area contributed by atoms with Crippen LogP contribution in [0.3, 0.4) is 0 Å². The van der Waals surface area contributed by atoms with E-state index < -0.39 is 0 Å². The van der Waals surface area contributed by atoms with Crippen molar-refractivity contribution in [3.05, 3.63) is 46.8 Å². The van der Waals surface area contributed by atoms with E-state index in [9.17, 15) is 9.59 Å². The molecule has 0 bridgehead atoms. The molecule has 1 unspecified atom stereocenters. The molecule has 164 valence electrons. The number of aromatic nitrogens is 2. The predicted molar refractivity (Wildman–Crippen MR) is 114 cm³/mol. The molecule has 1 saturated carbocycles. The second kappa shape index (κ2) is 8.34. The molecule has 1 atom stereocenters. The Labute approximate surface area is 181 Å². The van der Waals surface area contributed by atoms with E-state index in [1.54, 1.807) is 0 Å². The fourth-order valence-electron chi connectivity index (χ4n) is 4.48. The number of amides is 2. The standard InChI is InChI=1S/C23H29N5O3/c1-27(14-19-10-20(26-25-19)16-3-4-16)12-15-2-5-21-18(8-15)13-28(6-7-31-21)23(30)17-9-22(29)24-11-17/h2,5,8,10,16-17H,3-4,6-7,9,11-14H2,1H3,(H,24,29)(H,25,26). The number of benzene rings is 1. The summed E-state index contributed by atoms with van der Waals surface area (Å²) in [6.07, 6.45) is 2.79. The highest BCUT2D eigenvalue weighted by molar-refractivity contribution is 5.89. The summed E-state index contributed by atoms with van der Waals surface area (Å²) in [6, 6.07) is 8.42. The summed E-state index contributed by atoms with van der Waals surface area (Å²) in [7, 11) is 2.10. The summed E-state index contributed by atoms with van der Waals surface area (Å²) >= 11 is 0. The monoisotopic (exact) mass is 423 g/mol. The second-order valence-corrected chi connectivity index (χ2v) is 9.02. The van der Waals surface area contributed by atoms with Crippen LogP contribution in [0.15, 0.2) is 24.3 Å². The number of aromatic amines is 1. The molecular formula is C23H29N5O3. The number of rotatable bonds is 6. The number of nitrogens with one attached hydrogen (secondary N) is 2. The molecule has 2 fully saturated rings. The van der Waals surface area contributed by atoms with Crippen LogP contribution in [0.4, 0.5) is 0 Å². The van der Waals surface area contributed by atoms with Gasteiger partial charge in [0.1, 0.15) is 12.4 Å². The second-order valence-electron chi connectivity index (χ2n) is 9.02. The van der Waals surface area contributed by atoms with Gasteiger partial charge in [-0.3, -0.25) is 19.6 Å². The summed E-state index contributed by atoms with van der Waals surface area (Å²) in [6.45, 7) is 3.55. The summed E-state index contributed by atoms with van der Waals surface area (Å²) < 4.78 is 5.90. The Morgan fingerprint density at radius 2 is 2.16 bits per heavy atom. The first-order chi connectivity index (χ1) is 15.0. The van der Waals surface area contributed by atoms with E-state index in [1.165, 1.54) is 24.1 Å². The van der Waals surface area contributed by atoms with Crippen LogP contribution in [-0.4, -0.2) is 58.6 Å². The molecule has 1 aliphatic carbocycles. The number of carbonyl (C=O) groups excluding carboxylic acids is 2. The molecule has 2 aliphatic heterocycles. The van der Waals surface area contributed by atoms with E-state index >= 15 is 0 Å². The zero-order chi connectivity index (χ0) is 21.4. The van der Waals surface area contributed by atoms with E-state index in [-0.39, 0.29) is 24.2 Å². The molecule has 8 nitrogen and oxygen atoms in total. The van der Waals surface area contributed by atoms with Gasteiger partial charge in [0.2, 0.25) is 11.8 Å². The van der Waals surface area contributed by atoms with Crippen LogP contribution in [0, 0.1) is 5.92 Å². The van der Waals surface area contributed by atoms with Gasteiger partial charge >= 0.3 is 0 Å². The van der Waals surface area contributed by atoms with Crippen LogP contribution in [0.25, 0.3) is 0 Å². The first-order valence-corrected chi connectivity index (χ1v) is 11.1. The fraction of sp³-hybridized carbons (Fsp3) is 0.522. The fourth-order valence-corrected chi connectivity index (χ4v) is 4.48. The summed E-state index contributed by atoms with van der Waals surface area (Å²) in [4.78, 5) is 28.5.